The molecule has 1 atom stereocenters. The first-order valence-electron chi connectivity index (χ1n) is 11.8. The molecule has 0 saturated heterocycles. The van der Waals surface area contributed by atoms with Gasteiger partial charge in [0.05, 0.1) is 5.69 Å². The molecule has 176 valence electrons. The van der Waals surface area contributed by atoms with Crippen molar-refractivity contribution in [2.75, 3.05) is 4.90 Å². The molecule has 4 nitrogen and oxygen atoms in total. The molecular formula is C30H22N2O2S2. The zero-order valence-corrected chi connectivity index (χ0v) is 21.4. The van der Waals surface area contributed by atoms with Crippen LogP contribution < -0.4 is 4.90 Å². The topological polar surface area (TPSA) is 53.4 Å². The number of benzene rings is 2. The van der Waals surface area contributed by atoms with Crippen molar-refractivity contribution in [2.45, 2.75) is 25.4 Å². The number of carbonyl (C=O) groups is 1. The number of anilines is 3. The number of rotatable bonds is 2. The third kappa shape index (κ3) is 3.02. The van der Waals surface area contributed by atoms with Crippen LogP contribution in [-0.4, -0.2) is 15.9 Å². The number of ketones is 1. The zero-order valence-electron chi connectivity index (χ0n) is 19.7. The van der Waals surface area contributed by atoms with Gasteiger partial charge in [-0.15, -0.1) is 11.3 Å². The van der Waals surface area contributed by atoms with Gasteiger partial charge in [0.15, 0.2) is 5.78 Å². The number of aliphatic hydroxyl groups excluding tert-OH is 1. The lowest BCUT2D eigenvalue weighted by Gasteiger charge is -2.40. The highest BCUT2D eigenvalue weighted by molar-refractivity contribution is 7.17. The van der Waals surface area contributed by atoms with Gasteiger partial charge in [-0.05, 0) is 75.1 Å². The summed E-state index contributed by atoms with van der Waals surface area (Å²) >= 11 is 3.19. The summed E-state index contributed by atoms with van der Waals surface area (Å²) in [5.74, 6) is 0.823. The quantitative estimate of drug-likeness (QED) is 0.248. The molecule has 1 aliphatic heterocycles. The molecule has 4 heterocycles. The smallest absolute Gasteiger partial charge is 0.192 e. The summed E-state index contributed by atoms with van der Waals surface area (Å²) in [4.78, 5) is 21.1. The van der Waals surface area contributed by atoms with Gasteiger partial charge in [0.2, 0.25) is 0 Å². The van der Waals surface area contributed by atoms with E-state index in [1.54, 1.807) is 22.7 Å². The van der Waals surface area contributed by atoms with E-state index in [1.165, 1.54) is 11.1 Å². The molecule has 7 rings (SSSR count). The third-order valence-corrected chi connectivity index (χ3v) is 9.16. The molecule has 2 aliphatic rings. The molecule has 1 N–H and O–H groups in total. The number of pyridine rings is 1. The number of nitrogens with zero attached hydrogens (tertiary/aromatic N) is 2. The van der Waals surface area contributed by atoms with E-state index in [9.17, 15) is 9.90 Å². The van der Waals surface area contributed by atoms with Crippen molar-refractivity contribution >= 4 is 61.8 Å². The fourth-order valence-corrected chi connectivity index (χ4v) is 7.23. The second-order valence-corrected chi connectivity index (χ2v) is 11.6. The van der Waals surface area contributed by atoms with Gasteiger partial charge in [-0.1, -0.05) is 38.1 Å². The van der Waals surface area contributed by atoms with Crippen LogP contribution in [0.15, 0.2) is 83.2 Å². The van der Waals surface area contributed by atoms with E-state index >= 15 is 0 Å². The Morgan fingerprint density at radius 2 is 1.78 bits per heavy atom. The summed E-state index contributed by atoms with van der Waals surface area (Å²) in [7, 11) is 0. The first kappa shape index (κ1) is 21.7. The number of carbonyl (C=O) groups excluding carboxylic acids is 1. The van der Waals surface area contributed by atoms with Crippen molar-refractivity contribution in [1.82, 2.24) is 4.98 Å². The normalized spacial score (nSPS) is 19.0. The summed E-state index contributed by atoms with van der Waals surface area (Å²) in [6, 6.07) is 20.5. The van der Waals surface area contributed by atoms with Crippen LogP contribution in [0.4, 0.5) is 16.5 Å². The van der Waals surface area contributed by atoms with Crippen LogP contribution in [0, 0.1) is 0 Å². The molecule has 6 heteroatoms. The molecule has 0 saturated carbocycles. The van der Waals surface area contributed by atoms with Crippen LogP contribution in [0.3, 0.4) is 0 Å². The molecule has 5 aromatic rings. The average Bonchev–Trinajstić information content (AvgIpc) is 3.59. The molecule has 0 amide bonds. The first-order chi connectivity index (χ1) is 17.4. The average molecular weight is 507 g/mol. The van der Waals surface area contributed by atoms with Crippen LogP contribution in [0.25, 0.3) is 16.8 Å². The summed E-state index contributed by atoms with van der Waals surface area (Å²) in [5.41, 5.74) is 5.08. The lowest BCUT2D eigenvalue weighted by molar-refractivity contribution is 0.102. The van der Waals surface area contributed by atoms with E-state index in [-0.39, 0.29) is 11.2 Å². The summed E-state index contributed by atoms with van der Waals surface area (Å²) in [6.07, 6.45) is 2.76. The molecule has 0 fully saturated rings. The fraction of sp³-hybridized carbons (Fsp3) is 0.133. The van der Waals surface area contributed by atoms with Crippen molar-refractivity contribution in [1.29, 1.82) is 0 Å². The van der Waals surface area contributed by atoms with E-state index in [2.05, 4.69) is 55.1 Å². The van der Waals surface area contributed by atoms with Crippen molar-refractivity contribution < 1.29 is 9.90 Å². The van der Waals surface area contributed by atoms with E-state index < -0.39 is 6.10 Å². The molecule has 0 spiro atoms. The second kappa shape index (κ2) is 7.71. The minimum atomic E-state index is -0.916. The third-order valence-electron chi connectivity index (χ3n) is 7.36. The van der Waals surface area contributed by atoms with E-state index in [1.807, 2.05) is 47.3 Å². The number of para-hydroxylation sites is 1. The van der Waals surface area contributed by atoms with Gasteiger partial charge in [-0.25, -0.2) is 4.98 Å². The maximum Gasteiger partial charge on any atom is 0.192 e. The Morgan fingerprint density at radius 1 is 1.00 bits per heavy atom. The zero-order chi connectivity index (χ0) is 24.6. The van der Waals surface area contributed by atoms with Gasteiger partial charge in [-0.3, -0.25) is 9.69 Å². The summed E-state index contributed by atoms with van der Waals surface area (Å²) < 4.78 is 0. The van der Waals surface area contributed by atoms with E-state index in [0.29, 0.717) is 16.7 Å². The van der Waals surface area contributed by atoms with Crippen molar-refractivity contribution in [2.24, 2.45) is 0 Å². The molecule has 1 aliphatic carbocycles. The highest BCUT2D eigenvalue weighted by Crippen LogP contribution is 2.52. The minimum Gasteiger partial charge on any atom is -0.383 e. The Bertz CT molecular complexity index is 1680. The minimum absolute atomic E-state index is 0.0994. The Hall–Kier alpha value is -3.58. The van der Waals surface area contributed by atoms with Gasteiger partial charge < -0.3 is 5.11 Å². The Balaban J connectivity index is 1.31. The molecule has 2 aromatic carbocycles. The number of hydrogen-bond acceptors (Lipinski definition) is 6. The number of hydrogen-bond donors (Lipinski definition) is 1. The largest absolute Gasteiger partial charge is 0.383 e. The maximum atomic E-state index is 13.2. The van der Waals surface area contributed by atoms with Crippen LogP contribution in [-0.2, 0) is 5.41 Å². The number of fused-ring (bicyclic) bond motifs is 4. The van der Waals surface area contributed by atoms with Gasteiger partial charge in [0, 0.05) is 33.2 Å². The number of Topliss-reactive ketones (excluding diaryl/α,β-unsaturated/α-hetero) is 1. The molecule has 1 unspecified atom stereocenters. The maximum absolute atomic E-state index is 13.2. The molecular weight excluding hydrogens is 484 g/mol. The fourth-order valence-electron chi connectivity index (χ4n) is 5.49. The number of thiophene rings is 2. The Morgan fingerprint density at radius 3 is 2.64 bits per heavy atom. The monoisotopic (exact) mass is 506 g/mol. The van der Waals surface area contributed by atoms with Crippen LogP contribution in [0.1, 0.15) is 51.9 Å². The van der Waals surface area contributed by atoms with Crippen LogP contribution >= 0.6 is 22.7 Å². The van der Waals surface area contributed by atoms with Gasteiger partial charge in [0.25, 0.3) is 0 Å². The number of aliphatic hydroxyl groups is 1. The molecule has 0 radical (unpaired) electrons. The van der Waals surface area contributed by atoms with Gasteiger partial charge >= 0.3 is 0 Å². The molecule has 0 bridgehead atoms. The van der Waals surface area contributed by atoms with Crippen LogP contribution in [0.5, 0.6) is 0 Å². The first-order valence-corrected chi connectivity index (χ1v) is 13.6. The van der Waals surface area contributed by atoms with E-state index in [0.717, 1.165) is 32.2 Å². The summed E-state index contributed by atoms with van der Waals surface area (Å²) in [6.45, 7) is 4.48. The molecule has 36 heavy (non-hydrogen) atoms. The lowest BCUT2D eigenvalue weighted by atomic mass is 9.75. The van der Waals surface area contributed by atoms with Crippen LogP contribution in [0.2, 0.25) is 0 Å². The number of aromatic nitrogens is 1. The van der Waals surface area contributed by atoms with Gasteiger partial charge in [0.1, 0.15) is 16.9 Å². The van der Waals surface area contributed by atoms with Crippen molar-refractivity contribution in [3.05, 3.63) is 110 Å². The highest BCUT2D eigenvalue weighted by Gasteiger charge is 2.38. The van der Waals surface area contributed by atoms with Crippen molar-refractivity contribution in [3.63, 3.8) is 0 Å². The lowest BCUT2D eigenvalue weighted by Crippen LogP contribution is -2.30. The van der Waals surface area contributed by atoms with Gasteiger partial charge in [-0.2, -0.15) is 11.3 Å². The highest BCUT2D eigenvalue weighted by atomic mass is 32.1. The Labute approximate surface area is 216 Å². The second-order valence-electron chi connectivity index (χ2n) is 9.80. The summed E-state index contributed by atoms with van der Waals surface area (Å²) in [5, 5.41) is 18.2. The van der Waals surface area contributed by atoms with E-state index in [4.69, 9.17) is 4.98 Å². The van der Waals surface area contributed by atoms with Crippen molar-refractivity contribution in [3.8, 4) is 0 Å². The SMILES string of the molecule is CC1(C)c2ccccc2N(c2ccc(/C=C3/C(=O)c4cc5cscc5cc4C3O)s2)c2ncccc21. The molecule has 3 aromatic heterocycles. The predicted octanol–water partition coefficient (Wildman–Crippen LogP) is 7.78. The Kier molecular flexibility index (Phi) is 4.64. The standard InChI is InChI=1S/C30H22N2O2S2/c1-30(2)23-6-3-4-8-25(23)32(29-24(30)7-5-11-31-29)26-10-9-19(36-26)14-22-27(33)20-12-17-15-35-16-18(17)13-21(20)28(22)34/h3-16,27,33H,1-2H3/b22-14+. The predicted molar refractivity (Wildman–Crippen MR) is 148 cm³/mol.